The summed E-state index contributed by atoms with van der Waals surface area (Å²) in [6, 6.07) is 9.60. The average molecular weight is 276 g/mol. The van der Waals surface area contributed by atoms with Gasteiger partial charge in [-0.2, -0.15) is 0 Å². The molecule has 1 aliphatic rings. The lowest BCUT2D eigenvalue weighted by molar-refractivity contribution is -0.139. The maximum absolute atomic E-state index is 12.4. The van der Waals surface area contributed by atoms with Gasteiger partial charge in [0.25, 0.3) is 5.91 Å². The highest BCUT2D eigenvalue weighted by Crippen LogP contribution is 2.20. The molecule has 0 saturated carbocycles. The molecular weight excluding hydrogens is 252 g/mol. The number of para-hydroxylation sites is 1. The van der Waals surface area contributed by atoms with Gasteiger partial charge in [-0.3, -0.25) is 4.79 Å². The van der Waals surface area contributed by atoms with Gasteiger partial charge in [-0.1, -0.05) is 18.2 Å². The molecule has 20 heavy (non-hydrogen) atoms. The molecule has 1 saturated heterocycles. The third kappa shape index (κ3) is 3.73. The summed E-state index contributed by atoms with van der Waals surface area (Å²) in [5.74, 6) is 1.19. The van der Waals surface area contributed by atoms with E-state index in [1.54, 1.807) is 0 Å². The molecule has 0 spiro atoms. The minimum absolute atomic E-state index is 0.0548. The van der Waals surface area contributed by atoms with Gasteiger partial charge in [0, 0.05) is 19.1 Å². The van der Waals surface area contributed by atoms with Crippen LogP contribution in [0.1, 0.15) is 26.7 Å². The van der Waals surface area contributed by atoms with Crippen LogP contribution in [0, 0.1) is 5.92 Å². The number of amides is 1. The van der Waals surface area contributed by atoms with Gasteiger partial charge in [-0.05, 0) is 44.7 Å². The summed E-state index contributed by atoms with van der Waals surface area (Å²) >= 11 is 0. The van der Waals surface area contributed by atoms with Crippen molar-refractivity contribution in [1.82, 2.24) is 4.90 Å². The molecule has 3 atom stereocenters. The summed E-state index contributed by atoms with van der Waals surface area (Å²) in [6.45, 7) is 5.39. The average Bonchev–Trinajstić information content (AvgIpc) is 2.47. The van der Waals surface area contributed by atoms with Crippen molar-refractivity contribution in [3.63, 3.8) is 0 Å². The molecule has 0 bridgehead atoms. The van der Waals surface area contributed by atoms with Crippen molar-refractivity contribution in [2.75, 3.05) is 13.1 Å². The van der Waals surface area contributed by atoms with E-state index in [4.69, 9.17) is 10.5 Å². The molecule has 1 amide bonds. The zero-order valence-corrected chi connectivity index (χ0v) is 12.3. The molecule has 1 aliphatic heterocycles. The van der Waals surface area contributed by atoms with Gasteiger partial charge in [0.1, 0.15) is 5.75 Å². The summed E-state index contributed by atoms with van der Waals surface area (Å²) in [4.78, 5) is 14.3. The van der Waals surface area contributed by atoms with E-state index in [2.05, 4.69) is 0 Å². The van der Waals surface area contributed by atoms with Gasteiger partial charge in [0.15, 0.2) is 6.10 Å². The lowest BCUT2D eigenvalue weighted by Gasteiger charge is -2.35. The summed E-state index contributed by atoms with van der Waals surface area (Å²) in [7, 11) is 0. The number of nitrogens with zero attached hydrogens (tertiary/aromatic N) is 1. The lowest BCUT2D eigenvalue weighted by atomic mass is 9.92. The number of hydrogen-bond acceptors (Lipinski definition) is 3. The molecule has 1 aromatic carbocycles. The van der Waals surface area contributed by atoms with Crippen LogP contribution >= 0.6 is 0 Å². The van der Waals surface area contributed by atoms with E-state index in [-0.39, 0.29) is 11.9 Å². The Bertz CT molecular complexity index is 433. The van der Waals surface area contributed by atoms with E-state index in [9.17, 15) is 4.79 Å². The Balaban J connectivity index is 1.93. The zero-order chi connectivity index (χ0) is 14.5. The first-order valence-electron chi connectivity index (χ1n) is 7.34. The number of likely N-dealkylation sites (tertiary alicyclic amines) is 1. The predicted molar refractivity (Wildman–Crippen MR) is 79.5 cm³/mol. The SMILES string of the molecule is C[C@H](Oc1ccccc1)C(=O)N1CCC[C@@H]([C@H](C)N)C1. The molecule has 0 aromatic heterocycles. The van der Waals surface area contributed by atoms with Crippen molar-refractivity contribution in [2.24, 2.45) is 11.7 Å². The number of nitrogens with two attached hydrogens (primary N) is 1. The number of hydrogen-bond donors (Lipinski definition) is 1. The molecule has 2 rings (SSSR count). The molecule has 1 aromatic rings. The van der Waals surface area contributed by atoms with Gasteiger partial charge < -0.3 is 15.4 Å². The Hall–Kier alpha value is -1.55. The summed E-state index contributed by atoms with van der Waals surface area (Å²) in [6.07, 6.45) is 1.68. The minimum Gasteiger partial charge on any atom is -0.481 e. The topological polar surface area (TPSA) is 55.6 Å². The molecule has 0 unspecified atom stereocenters. The van der Waals surface area contributed by atoms with Crippen LogP contribution in [0.5, 0.6) is 5.75 Å². The fraction of sp³-hybridized carbons (Fsp3) is 0.562. The lowest BCUT2D eigenvalue weighted by Crippen LogP contribution is -2.48. The van der Waals surface area contributed by atoms with Gasteiger partial charge in [-0.25, -0.2) is 0 Å². The Morgan fingerprint density at radius 3 is 2.70 bits per heavy atom. The van der Waals surface area contributed by atoms with Crippen LogP contribution < -0.4 is 10.5 Å². The van der Waals surface area contributed by atoms with Crippen molar-refractivity contribution in [3.8, 4) is 5.75 Å². The monoisotopic (exact) mass is 276 g/mol. The van der Waals surface area contributed by atoms with Crippen LogP contribution in [0.3, 0.4) is 0 Å². The maximum Gasteiger partial charge on any atom is 0.263 e. The number of ether oxygens (including phenoxy) is 1. The van der Waals surface area contributed by atoms with Crippen molar-refractivity contribution < 1.29 is 9.53 Å². The molecule has 0 aliphatic carbocycles. The molecular formula is C16H24N2O2. The highest BCUT2D eigenvalue weighted by Gasteiger charge is 2.29. The van der Waals surface area contributed by atoms with Crippen LogP contribution in [0.2, 0.25) is 0 Å². The van der Waals surface area contributed by atoms with E-state index in [0.717, 1.165) is 31.7 Å². The van der Waals surface area contributed by atoms with Crippen molar-refractivity contribution in [2.45, 2.75) is 38.8 Å². The number of carbonyl (C=O) groups is 1. The second kappa shape index (κ2) is 6.75. The van der Waals surface area contributed by atoms with Crippen LogP contribution in [-0.2, 0) is 4.79 Å². The maximum atomic E-state index is 12.4. The van der Waals surface area contributed by atoms with Crippen LogP contribution in [0.15, 0.2) is 30.3 Å². The van der Waals surface area contributed by atoms with E-state index in [1.807, 2.05) is 49.1 Å². The summed E-state index contributed by atoms with van der Waals surface area (Å²) in [5, 5.41) is 0. The highest BCUT2D eigenvalue weighted by atomic mass is 16.5. The third-order valence-corrected chi connectivity index (χ3v) is 3.92. The van der Waals surface area contributed by atoms with Crippen molar-refractivity contribution >= 4 is 5.91 Å². The second-order valence-electron chi connectivity index (χ2n) is 5.62. The quantitative estimate of drug-likeness (QED) is 0.915. The van der Waals surface area contributed by atoms with Gasteiger partial charge in [-0.15, -0.1) is 0 Å². The van der Waals surface area contributed by atoms with Crippen molar-refractivity contribution in [1.29, 1.82) is 0 Å². The fourth-order valence-electron chi connectivity index (χ4n) is 2.65. The highest BCUT2D eigenvalue weighted by molar-refractivity contribution is 5.81. The molecule has 1 heterocycles. The Labute approximate surface area is 120 Å². The predicted octanol–water partition coefficient (Wildman–Crippen LogP) is 2.04. The molecule has 110 valence electrons. The summed E-state index contributed by atoms with van der Waals surface area (Å²) < 4.78 is 5.70. The van der Waals surface area contributed by atoms with Crippen LogP contribution in [0.25, 0.3) is 0 Å². The van der Waals surface area contributed by atoms with E-state index in [1.165, 1.54) is 0 Å². The van der Waals surface area contributed by atoms with E-state index in [0.29, 0.717) is 5.92 Å². The Kier molecular flexibility index (Phi) is 5.01. The van der Waals surface area contributed by atoms with E-state index >= 15 is 0 Å². The van der Waals surface area contributed by atoms with Crippen molar-refractivity contribution in [3.05, 3.63) is 30.3 Å². The number of benzene rings is 1. The van der Waals surface area contributed by atoms with Gasteiger partial charge in [0.05, 0.1) is 0 Å². The standard InChI is InChI=1S/C16H24N2O2/c1-12(17)14-7-6-10-18(11-14)16(19)13(2)20-15-8-4-3-5-9-15/h3-5,8-9,12-14H,6-7,10-11,17H2,1-2H3/t12-,13-,14+/m0/s1. The first-order valence-corrected chi connectivity index (χ1v) is 7.34. The first-order chi connectivity index (χ1) is 9.58. The second-order valence-corrected chi connectivity index (χ2v) is 5.62. The number of carbonyl (C=O) groups excluding carboxylic acids is 1. The Morgan fingerprint density at radius 2 is 2.05 bits per heavy atom. The van der Waals surface area contributed by atoms with Gasteiger partial charge >= 0.3 is 0 Å². The Morgan fingerprint density at radius 1 is 1.35 bits per heavy atom. The molecule has 4 heteroatoms. The minimum atomic E-state index is -0.454. The van der Waals surface area contributed by atoms with Crippen LogP contribution in [0.4, 0.5) is 0 Å². The third-order valence-electron chi connectivity index (χ3n) is 3.92. The zero-order valence-electron chi connectivity index (χ0n) is 12.3. The van der Waals surface area contributed by atoms with E-state index < -0.39 is 6.10 Å². The first kappa shape index (κ1) is 14.9. The smallest absolute Gasteiger partial charge is 0.263 e. The van der Waals surface area contributed by atoms with Gasteiger partial charge in [0.2, 0.25) is 0 Å². The number of piperidine rings is 1. The summed E-state index contributed by atoms with van der Waals surface area (Å²) in [5.41, 5.74) is 5.96. The molecule has 1 fully saturated rings. The fourth-order valence-corrected chi connectivity index (χ4v) is 2.65. The number of rotatable bonds is 4. The normalized spacial score (nSPS) is 22.1. The molecule has 0 radical (unpaired) electrons. The largest absolute Gasteiger partial charge is 0.481 e. The van der Waals surface area contributed by atoms with Crippen LogP contribution in [-0.4, -0.2) is 36.0 Å². The molecule has 2 N–H and O–H groups in total. The molecule has 4 nitrogen and oxygen atoms in total.